The second kappa shape index (κ2) is 7.84. The minimum atomic E-state index is -6.13. The largest absolute Gasteiger partial charge is 0.440 e. The van der Waals surface area contributed by atoms with Gasteiger partial charge in [-0.05, 0) is 6.92 Å². The van der Waals surface area contributed by atoms with E-state index in [0.29, 0.717) is 6.92 Å². The number of esters is 2. The summed E-state index contributed by atoms with van der Waals surface area (Å²) in [5.41, 5.74) is -1.48. The SMILES string of the molecule is C/C(=C\C(=O)OC(C(F)(F)F)C(F)(F)F)C(=O)OC(C(F)(F)F)C(F)(F)F. The number of halogens is 12. The molecule has 16 heteroatoms. The molecule has 0 amide bonds. The van der Waals surface area contributed by atoms with E-state index in [9.17, 15) is 62.3 Å². The van der Waals surface area contributed by atoms with Gasteiger partial charge in [0.15, 0.2) is 0 Å². The lowest BCUT2D eigenvalue weighted by atomic mass is 10.2. The van der Waals surface area contributed by atoms with E-state index in [-0.39, 0.29) is 0 Å². The van der Waals surface area contributed by atoms with Gasteiger partial charge < -0.3 is 9.47 Å². The fourth-order valence-electron chi connectivity index (χ4n) is 1.22. The number of rotatable bonds is 4. The van der Waals surface area contributed by atoms with Gasteiger partial charge in [-0.2, -0.15) is 52.7 Å². The summed E-state index contributed by atoms with van der Waals surface area (Å²) in [5, 5.41) is 0. The van der Waals surface area contributed by atoms with Gasteiger partial charge in [0.25, 0.3) is 12.2 Å². The van der Waals surface area contributed by atoms with Crippen LogP contribution in [-0.4, -0.2) is 48.9 Å². The Kier molecular flexibility index (Phi) is 7.21. The van der Waals surface area contributed by atoms with E-state index in [1.165, 1.54) is 0 Å². The Morgan fingerprint density at radius 3 is 1.26 bits per heavy atom. The fraction of sp³-hybridized carbons (Fsp3) is 0.636. The topological polar surface area (TPSA) is 52.6 Å². The van der Waals surface area contributed by atoms with Crippen molar-refractivity contribution in [1.82, 2.24) is 0 Å². The first kappa shape index (κ1) is 24.8. The summed E-state index contributed by atoms with van der Waals surface area (Å²) in [6.07, 6.45) is -34.3. The molecule has 0 aliphatic heterocycles. The highest BCUT2D eigenvalue weighted by molar-refractivity contribution is 5.96. The van der Waals surface area contributed by atoms with Crippen molar-refractivity contribution in [2.45, 2.75) is 43.8 Å². The van der Waals surface area contributed by atoms with E-state index >= 15 is 0 Å². The molecule has 0 saturated carbocycles. The number of alkyl halides is 12. The van der Waals surface area contributed by atoms with Crippen molar-refractivity contribution in [3.63, 3.8) is 0 Å². The van der Waals surface area contributed by atoms with E-state index in [2.05, 4.69) is 9.47 Å². The van der Waals surface area contributed by atoms with Gasteiger partial charge in [-0.1, -0.05) is 0 Å². The standard InChI is InChI=1S/C11H6F12O4/c1-3(5(25)27-7(10(18,19)20)11(21,22)23)2-4(24)26-6(8(12,13)14)9(15,16)17/h2,6-7H,1H3/b3-2+. The third-order valence-corrected chi connectivity index (χ3v) is 2.30. The van der Waals surface area contributed by atoms with E-state index < -0.39 is 60.5 Å². The predicted molar refractivity (Wildman–Crippen MR) is 57.7 cm³/mol. The second-order valence-electron chi connectivity index (χ2n) is 4.60. The Labute approximate surface area is 140 Å². The first-order valence-corrected chi connectivity index (χ1v) is 6.04. The smallest absolute Gasteiger partial charge is 0.434 e. The lowest BCUT2D eigenvalue weighted by Crippen LogP contribution is -2.46. The molecule has 4 nitrogen and oxygen atoms in total. The number of ether oxygens (including phenoxy) is 2. The van der Waals surface area contributed by atoms with Gasteiger partial charge in [0.1, 0.15) is 0 Å². The third kappa shape index (κ3) is 7.94. The molecule has 0 atom stereocenters. The molecule has 0 heterocycles. The average molecular weight is 430 g/mol. The molecule has 0 aliphatic carbocycles. The van der Waals surface area contributed by atoms with E-state index in [0.717, 1.165) is 0 Å². The van der Waals surface area contributed by atoms with Crippen LogP contribution in [0.4, 0.5) is 52.7 Å². The maximum absolute atomic E-state index is 12.2. The number of hydrogen-bond acceptors (Lipinski definition) is 4. The summed E-state index contributed by atoms with van der Waals surface area (Å²) >= 11 is 0. The molecule has 0 bridgehead atoms. The first-order chi connectivity index (χ1) is 11.7. The Morgan fingerprint density at radius 1 is 0.667 bits per heavy atom. The zero-order chi connectivity index (χ0) is 22.0. The summed E-state index contributed by atoms with van der Waals surface area (Å²) in [7, 11) is 0. The molecular weight excluding hydrogens is 424 g/mol. The van der Waals surface area contributed by atoms with Crippen molar-refractivity contribution in [3.05, 3.63) is 11.6 Å². The van der Waals surface area contributed by atoms with E-state index in [1.54, 1.807) is 0 Å². The molecule has 0 aromatic heterocycles. The Morgan fingerprint density at radius 2 is 0.963 bits per heavy atom. The lowest BCUT2D eigenvalue weighted by molar-refractivity contribution is -0.313. The summed E-state index contributed by atoms with van der Waals surface area (Å²) in [4.78, 5) is 22.1. The minimum absolute atomic E-state index is 0.295. The zero-order valence-electron chi connectivity index (χ0n) is 12.4. The number of hydrogen-bond donors (Lipinski definition) is 0. The average Bonchev–Trinajstić information content (AvgIpc) is 2.36. The van der Waals surface area contributed by atoms with Crippen LogP contribution in [0.25, 0.3) is 0 Å². The summed E-state index contributed by atoms with van der Waals surface area (Å²) in [6.45, 7) is 0.295. The summed E-state index contributed by atoms with van der Waals surface area (Å²) < 4.78 is 152. The van der Waals surface area contributed by atoms with Gasteiger partial charge in [-0.25, -0.2) is 9.59 Å². The quantitative estimate of drug-likeness (QED) is 0.385. The maximum atomic E-state index is 12.2. The van der Waals surface area contributed by atoms with Gasteiger partial charge in [0, 0.05) is 11.6 Å². The van der Waals surface area contributed by atoms with Gasteiger partial charge in [-0.15, -0.1) is 0 Å². The molecule has 0 aromatic rings. The molecule has 0 aromatic carbocycles. The second-order valence-corrected chi connectivity index (χ2v) is 4.60. The van der Waals surface area contributed by atoms with Crippen LogP contribution in [0.3, 0.4) is 0 Å². The third-order valence-electron chi connectivity index (χ3n) is 2.30. The molecule has 158 valence electrons. The minimum Gasteiger partial charge on any atom is -0.440 e. The van der Waals surface area contributed by atoms with Crippen molar-refractivity contribution in [3.8, 4) is 0 Å². The lowest BCUT2D eigenvalue weighted by Gasteiger charge is -2.23. The molecular formula is C11H6F12O4. The molecule has 0 aliphatic rings. The molecule has 0 fully saturated rings. The van der Waals surface area contributed by atoms with Crippen molar-refractivity contribution >= 4 is 11.9 Å². The molecule has 0 saturated heterocycles. The van der Waals surface area contributed by atoms with Crippen molar-refractivity contribution < 1.29 is 71.7 Å². The van der Waals surface area contributed by atoms with E-state index in [1.807, 2.05) is 0 Å². The summed E-state index contributed by atoms with van der Waals surface area (Å²) in [6, 6.07) is 0. The molecule has 0 unspecified atom stereocenters. The van der Waals surface area contributed by atoms with Crippen molar-refractivity contribution in [2.24, 2.45) is 0 Å². The van der Waals surface area contributed by atoms with Crippen LogP contribution in [0.1, 0.15) is 6.92 Å². The van der Waals surface area contributed by atoms with Crippen LogP contribution >= 0.6 is 0 Å². The molecule has 0 radical (unpaired) electrons. The predicted octanol–water partition coefficient (Wildman–Crippen LogP) is 4.01. The van der Waals surface area contributed by atoms with E-state index in [4.69, 9.17) is 0 Å². The fourth-order valence-corrected chi connectivity index (χ4v) is 1.22. The Balaban J connectivity index is 5.37. The van der Waals surface area contributed by atoms with Crippen molar-refractivity contribution in [2.75, 3.05) is 0 Å². The van der Waals surface area contributed by atoms with Crippen LogP contribution in [0.2, 0.25) is 0 Å². The van der Waals surface area contributed by atoms with Crippen LogP contribution < -0.4 is 0 Å². The van der Waals surface area contributed by atoms with Crippen molar-refractivity contribution in [1.29, 1.82) is 0 Å². The molecule has 27 heavy (non-hydrogen) atoms. The van der Waals surface area contributed by atoms with Crippen LogP contribution in [0.5, 0.6) is 0 Å². The molecule has 0 spiro atoms. The van der Waals surface area contributed by atoms with Gasteiger partial charge in [-0.3, -0.25) is 0 Å². The van der Waals surface area contributed by atoms with Gasteiger partial charge in [0.05, 0.1) is 0 Å². The van der Waals surface area contributed by atoms with Crippen LogP contribution in [0, 0.1) is 0 Å². The highest BCUT2D eigenvalue weighted by Crippen LogP contribution is 2.37. The first-order valence-electron chi connectivity index (χ1n) is 6.04. The Hall–Kier alpha value is -2.16. The summed E-state index contributed by atoms with van der Waals surface area (Å²) in [5.74, 6) is -5.00. The normalized spacial score (nSPS) is 14.6. The van der Waals surface area contributed by atoms with Crippen LogP contribution in [0.15, 0.2) is 11.6 Å². The zero-order valence-corrected chi connectivity index (χ0v) is 12.4. The monoisotopic (exact) mass is 430 g/mol. The number of carbonyl (C=O) groups excluding carboxylic acids is 2. The highest BCUT2D eigenvalue weighted by Gasteiger charge is 2.61. The maximum Gasteiger partial charge on any atom is 0.434 e. The highest BCUT2D eigenvalue weighted by atomic mass is 19.4. The number of carbonyl (C=O) groups is 2. The molecule has 0 rings (SSSR count). The van der Waals surface area contributed by atoms with Gasteiger partial charge in [0.2, 0.25) is 0 Å². The Bertz CT molecular complexity index is 552. The van der Waals surface area contributed by atoms with Crippen LogP contribution in [-0.2, 0) is 19.1 Å². The van der Waals surface area contributed by atoms with Gasteiger partial charge >= 0.3 is 36.6 Å². The molecule has 0 N–H and O–H groups in total.